The van der Waals surface area contributed by atoms with Crippen molar-refractivity contribution in [3.05, 3.63) is 0 Å². The van der Waals surface area contributed by atoms with E-state index in [0.29, 0.717) is 12.6 Å². The maximum absolute atomic E-state index is 10.9. The van der Waals surface area contributed by atoms with E-state index in [-0.39, 0.29) is 5.92 Å². The van der Waals surface area contributed by atoms with Gasteiger partial charge in [0.2, 0.25) is 0 Å². The van der Waals surface area contributed by atoms with Gasteiger partial charge in [0, 0.05) is 19.1 Å². The zero-order chi connectivity index (χ0) is 13.4. The minimum atomic E-state index is -0.649. The first kappa shape index (κ1) is 15.4. The van der Waals surface area contributed by atoms with Crippen LogP contribution in [0, 0.1) is 5.92 Å². The maximum Gasteiger partial charge on any atom is 0.306 e. The van der Waals surface area contributed by atoms with E-state index in [1.54, 1.807) is 0 Å². The molecule has 5 heteroatoms. The van der Waals surface area contributed by atoms with Gasteiger partial charge in [-0.3, -0.25) is 4.79 Å². The van der Waals surface area contributed by atoms with Crippen LogP contribution in [0.1, 0.15) is 25.7 Å². The zero-order valence-corrected chi connectivity index (χ0v) is 11.5. The van der Waals surface area contributed by atoms with Crippen LogP contribution >= 0.6 is 0 Å². The third-order valence-electron chi connectivity index (χ3n) is 3.39. The van der Waals surface area contributed by atoms with E-state index in [4.69, 9.17) is 9.84 Å². The maximum atomic E-state index is 10.9. The predicted molar refractivity (Wildman–Crippen MR) is 70.8 cm³/mol. The Balaban J connectivity index is 2.03. The molecule has 0 bridgehead atoms. The van der Waals surface area contributed by atoms with Gasteiger partial charge in [0.25, 0.3) is 0 Å². The molecule has 1 rings (SSSR count). The topological polar surface area (TPSA) is 61.8 Å². The summed E-state index contributed by atoms with van der Waals surface area (Å²) in [7, 11) is 4.05. The van der Waals surface area contributed by atoms with Crippen LogP contribution in [0.15, 0.2) is 0 Å². The largest absolute Gasteiger partial charge is 0.481 e. The highest BCUT2D eigenvalue weighted by atomic mass is 16.5. The Morgan fingerprint density at radius 1 is 1.39 bits per heavy atom. The van der Waals surface area contributed by atoms with Gasteiger partial charge in [0.1, 0.15) is 0 Å². The van der Waals surface area contributed by atoms with Gasteiger partial charge in [-0.1, -0.05) is 6.42 Å². The third kappa shape index (κ3) is 6.33. The lowest BCUT2D eigenvalue weighted by atomic mass is 9.86. The normalized spacial score (nSPS) is 24.4. The van der Waals surface area contributed by atoms with Gasteiger partial charge in [-0.15, -0.1) is 0 Å². The Hall–Kier alpha value is -0.650. The fourth-order valence-electron chi connectivity index (χ4n) is 2.28. The second-order valence-electron chi connectivity index (χ2n) is 5.27. The number of rotatable bonds is 8. The monoisotopic (exact) mass is 258 g/mol. The number of nitrogens with zero attached hydrogens (tertiary/aromatic N) is 1. The van der Waals surface area contributed by atoms with Gasteiger partial charge in [-0.2, -0.15) is 0 Å². The summed E-state index contributed by atoms with van der Waals surface area (Å²) in [6, 6.07) is 0.345. The summed E-state index contributed by atoms with van der Waals surface area (Å²) in [6.45, 7) is 3.19. The molecule has 0 spiro atoms. The Morgan fingerprint density at radius 2 is 2.17 bits per heavy atom. The van der Waals surface area contributed by atoms with Crippen molar-refractivity contribution in [2.24, 2.45) is 5.92 Å². The van der Waals surface area contributed by atoms with E-state index in [1.807, 2.05) is 14.1 Å². The predicted octanol–water partition coefficient (Wildman–Crippen LogP) is 0.798. The zero-order valence-electron chi connectivity index (χ0n) is 11.5. The highest BCUT2D eigenvalue weighted by Gasteiger charge is 2.26. The van der Waals surface area contributed by atoms with E-state index < -0.39 is 5.97 Å². The fraction of sp³-hybridized carbons (Fsp3) is 0.923. The number of hydrogen-bond acceptors (Lipinski definition) is 4. The molecule has 1 aliphatic rings. The van der Waals surface area contributed by atoms with Gasteiger partial charge in [0.15, 0.2) is 0 Å². The molecular weight excluding hydrogens is 232 g/mol. The van der Waals surface area contributed by atoms with Crippen molar-refractivity contribution in [1.82, 2.24) is 10.2 Å². The standard InChI is InChI=1S/C13H26N2O3/c1-15(2)7-9-18-8-6-14-12-5-3-4-11(10-12)13(16)17/h11-12,14H,3-10H2,1-2H3,(H,16,17). The van der Waals surface area contributed by atoms with Crippen LogP contribution in [0.25, 0.3) is 0 Å². The van der Waals surface area contributed by atoms with Gasteiger partial charge >= 0.3 is 5.97 Å². The summed E-state index contributed by atoms with van der Waals surface area (Å²) >= 11 is 0. The second-order valence-corrected chi connectivity index (χ2v) is 5.27. The molecule has 18 heavy (non-hydrogen) atoms. The number of ether oxygens (including phenoxy) is 1. The molecule has 0 aromatic carbocycles. The van der Waals surface area contributed by atoms with Gasteiger partial charge < -0.3 is 20.1 Å². The van der Waals surface area contributed by atoms with E-state index in [9.17, 15) is 4.79 Å². The van der Waals surface area contributed by atoms with Crippen LogP contribution in [0.5, 0.6) is 0 Å². The summed E-state index contributed by atoms with van der Waals surface area (Å²) < 4.78 is 5.49. The molecule has 0 aromatic rings. The number of hydrogen-bond donors (Lipinski definition) is 2. The van der Waals surface area contributed by atoms with E-state index in [0.717, 1.165) is 45.4 Å². The van der Waals surface area contributed by atoms with E-state index >= 15 is 0 Å². The van der Waals surface area contributed by atoms with Crippen LogP contribution < -0.4 is 5.32 Å². The highest BCUT2D eigenvalue weighted by molar-refractivity contribution is 5.70. The first-order valence-corrected chi connectivity index (χ1v) is 6.78. The molecule has 2 N–H and O–H groups in total. The lowest BCUT2D eigenvalue weighted by molar-refractivity contribution is -0.143. The van der Waals surface area contributed by atoms with Crippen LogP contribution in [0.3, 0.4) is 0 Å². The molecule has 0 amide bonds. The second kappa shape index (κ2) is 8.45. The van der Waals surface area contributed by atoms with Crippen molar-refractivity contribution in [1.29, 1.82) is 0 Å². The molecule has 0 heterocycles. The Morgan fingerprint density at radius 3 is 2.83 bits per heavy atom. The molecular formula is C13H26N2O3. The van der Waals surface area contributed by atoms with Gasteiger partial charge in [0.05, 0.1) is 19.1 Å². The molecule has 1 fully saturated rings. The highest BCUT2D eigenvalue weighted by Crippen LogP contribution is 2.24. The van der Waals surface area contributed by atoms with E-state index in [1.165, 1.54) is 0 Å². The Kier molecular flexibility index (Phi) is 7.23. The minimum Gasteiger partial charge on any atom is -0.481 e. The van der Waals surface area contributed by atoms with Crippen molar-refractivity contribution in [2.45, 2.75) is 31.7 Å². The lowest BCUT2D eigenvalue weighted by Gasteiger charge is -2.27. The first-order valence-electron chi connectivity index (χ1n) is 6.78. The number of carboxylic acids is 1. The van der Waals surface area contributed by atoms with Crippen LogP contribution in [0.4, 0.5) is 0 Å². The van der Waals surface area contributed by atoms with Gasteiger partial charge in [-0.25, -0.2) is 0 Å². The smallest absolute Gasteiger partial charge is 0.306 e. The number of carbonyl (C=O) groups is 1. The summed E-state index contributed by atoms with van der Waals surface area (Å²) in [5.74, 6) is -0.811. The molecule has 5 nitrogen and oxygen atoms in total. The molecule has 1 saturated carbocycles. The number of likely N-dealkylation sites (N-methyl/N-ethyl adjacent to an activating group) is 1. The average molecular weight is 258 g/mol. The molecule has 2 unspecified atom stereocenters. The summed E-state index contributed by atoms with van der Waals surface area (Å²) in [5.41, 5.74) is 0. The van der Waals surface area contributed by atoms with Crippen LogP contribution in [-0.4, -0.2) is 62.4 Å². The van der Waals surface area contributed by atoms with Crippen LogP contribution in [-0.2, 0) is 9.53 Å². The fourth-order valence-corrected chi connectivity index (χ4v) is 2.28. The Labute approximate surface area is 109 Å². The summed E-state index contributed by atoms with van der Waals surface area (Å²) in [6.07, 6.45) is 3.68. The molecule has 106 valence electrons. The summed E-state index contributed by atoms with van der Waals surface area (Å²) in [4.78, 5) is 13.0. The minimum absolute atomic E-state index is 0.161. The van der Waals surface area contributed by atoms with Crippen molar-refractivity contribution in [3.63, 3.8) is 0 Å². The quantitative estimate of drug-likeness (QED) is 0.631. The molecule has 2 atom stereocenters. The van der Waals surface area contributed by atoms with Crippen molar-refractivity contribution >= 4 is 5.97 Å². The lowest BCUT2D eigenvalue weighted by Crippen LogP contribution is -2.38. The van der Waals surface area contributed by atoms with Crippen molar-refractivity contribution in [2.75, 3.05) is 40.4 Å². The van der Waals surface area contributed by atoms with Crippen molar-refractivity contribution < 1.29 is 14.6 Å². The first-order chi connectivity index (χ1) is 8.59. The number of nitrogens with one attached hydrogen (secondary N) is 1. The van der Waals surface area contributed by atoms with Crippen LogP contribution in [0.2, 0.25) is 0 Å². The molecule has 0 aliphatic heterocycles. The number of aliphatic carboxylic acids is 1. The molecule has 1 aliphatic carbocycles. The Bertz CT molecular complexity index is 246. The van der Waals surface area contributed by atoms with Gasteiger partial charge in [-0.05, 0) is 33.4 Å². The summed E-state index contributed by atoms with van der Waals surface area (Å²) in [5, 5.41) is 12.4. The molecule has 0 saturated heterocycles. The molecule has 0 aromatic heterocycles. The SMILES string of the molecule is CN(C)CCOCCNC1CCCC(C(=O)O)C1. The average Bonchev–Trinajstić information content (AvgIpc) is 2.33. The molecule has 0 radical (unpaired) electrons. The van der Waals surface area contributed by atoms with E-state index in [2.05, 4.69) is 10.2 Å². The van der Waals surface area contributed by atoms with Crippen molar-refractivity contribution in [3.8, 4) is 0 Å². The third-order valence-corrected chi connectivity index (χ3v) is 3.39. The number of carboxylic acid groups (broad SMARTS) is 1.